The van der Waals surface area contributed by atoms with E-state index >= 15 is 0 Å². The van der Waals surface area contributed by atoms with Crippen LogP contribution in [0.1, 0.15) is 239 Å². The van der Waals surface area contributed by atoms with Crippen molar-refractivity contribution in [3.63, 3.8) is 0 Å². The minimum Gasteiger partial charge on any atom is -0.329 e. The van der Waals surface area contributed by atoms with E-state index in [1.165, 1.54) is 218 Å². The van der Waals surface area contributed by atoms with Crippen LogP contribution in [0.5, 0.6) is 0 Å². The van der Waals surface area contributed by atoms with Crippen molar-refractivity contribution in [2.24, 2.45) is 11.5 Å². The van der Waals surface area contributed by atoms with Gasteiger partial charge in [0.1, 0.15) is 0 Å². The second-order valence-corrected chi connectivity index (χ2v) is 14.6. The number of hydrogen-bond acceptors (Lipinski definition) is 3. The molecule has 0 aliphatic carbocycles. The smallest absolute Gasteiger partial charge is 0.0633 e. The first-order valence-corrected chi connectivity index (χ1v) is 20.4. The summed E-state index contributed by atoms with van der Waals surface area (Å²) in [6, 6.07) is 0. The molecule has 0 aliphatic rings. The zero-order valence-electron chi connectivity index (χ0n) is 30.3. The summed E-state index contributed by atoms with van der Waals surface area (Å²) in [4.78, 5) is 0. The Bertz CT molecular complexity index is 492. The molecule has 0 aliphatic heterocycles. The normalized spacial score (nSPS) is 13.1. The number of nitrogens with one attached hydrogen (secondary N) is 1. The fourth-order valence-corrected chi connectivity index (χ4v) is 6.67. The first-order chi connectivity index (χ1) is 21.1. The molecule has 0 bridgehead atoms. The molecule has 260 valence electrons. The summed E-state index contributed by atoms with van der Waals surface area (Å²) in [5.74, 6) is 0. The van der Waals surface area contributed by atoms with Gasteiger partial charge in [0, 0.05) is 13.1 Å². The summed E-state index contributed by atoms with van der Waals surface area (Å²) in [7, 11) is 0. The largest absolute Gasteiger partial charge is 0.329 e. The van der Waals surface area contributed by atoms with E-state index in [0.29, 0.717) is 6.54 Å². The molecule has 1 atom stereocenters. The molecule has 0 radical (unpaired) electrons. The van der Waals surface area contributed by atoms with Crippen LogP contribution in [0, 0.1) is 0 Å². The van der Waals surface area contributed by atoms with Crippen LogP contribution in [0.25, 0.3) is 0 Å². The van der Waals surface area contributed by atoms with Crippen LogP contribution in [0.15, 0.2) is 0 Å². The predicted molar refractivity (Wildman–Crippen MR) is 197 cm³/mol. The van der Waals surface area contributed by atoms with Crippen LogP contribution in [-0.4, -0.2) is 18.8 Å². The third kappa shape index (κ3) is 38.0. The minimum absolute atomic E-state index is 0.246. The SMILES string of the molecule is CCCCCCCCCCCCCCCCCCCCCCCCCCCCCCCCCCCCC(C)(N)NCCN. The molecule has 0 fully saturated rings. The lowest BCUT2D eigenvalue weighted by Crippen LogP contribution is -2.52. The number of nitrogens with two attached hydrogens (primary N) is 2. The van der Waals surface area contributed by atoms with Crippen molar-refractivity contribution in [2.75, 3.05) is 13.1 Å². The molecule has 5 N–H and O–H groups in total. The van der Waals surface area contributed by atoms with Gasteiger partial charge in [0.05, 0.1) is 5.66 Å². The summed E-state index contributed by atoms with van der Waals surface area (Å²) >= 11 is 0. The topological polar surface area (TPSA) is 64.1 Å². The number of hydrogen-bond donors (Lipinski definition) is 3. The Morgan fingerprint density at radius 3 is 0.791 bits per heavy atom. The highest BCUT2D eigenvalue weighted by atomic mass is 15.1. The maximum absolute atomic E-state index is 6.25. The predicted octanol–water partition coefficient (Wildman–Crippen LogP) is 12.9. The van der Waals surface area contributed by atoms with E-state index in [1.807, 2.05) is 0 Å². The highest BCUT2D eigenvalue weighted by molar-refractivity contribution is 4.75. The quantitative estimate of drug-likeness (QED) is 0.0483. The molecule has 0 aromatic heterocycles. The molecule has 0 heterocycles. The van der Waals surface area contributed by atoms with Crippen LogP contribution in [0.2, 0.25) is 0 Å². The molecule has 0 rings (SSSR count). The van der Waals surface area contributed by atoms with E-state index in [1.54, 1.807) is 0 Å². The van der Waals surface area contributed by atoms with Crippen molar-refractivity contribution in [1.29, 1.82) is 0 Å². The summed E-state index contributed by atoms with van der Waals surface area (Å²) in [6.07, 6.45) is 50.5. The Balaban J connectivity index is 3.09. The van der Waals surface area contributed by atoms with Crippen molar-refractivity contribution < 1.29 is 0 Å². The van der Waals surface area contributed by atoms with E-state index < -0.39 is 0 Å². The minimum atomic E-state index is -0.246. The average Bonchev–Trinajstić information content (AvgIpc) is 3.00. The first-order valence-electron chi connectivity index (χ1n) is 20.4. The lowest BCUT2D eigenvalue weighted by molar-refractivity contribution is 0.332. The van der Waals surface area contributed by atoms with Gasteiger partial charge in [0.15, 0.2) is 0 Å². The summed E-state index contributed by atoms with van der Waals surface area (Å²) in [6.45, 7) is 5.87. The van der Waals surface area contributed by atoms with Crippen molar-refractivity contribution >= 4 is 0 Å². The van der Waals surface area contributed by atoms with E-state index in [2.05, 4.69) is 19.2 Å². The Labute approximate surface area is 273 Å². The maximum Gasteiger partial charge on any atom is 0.0633 e. The highest BCUT2D eigenvalue weighted by Crippen LogP contribution is 2.17. The van der Waals surface area contributed by atoms with Gasteiger partial charge in [-0.15, -0.1) is 0 Å². The van der Waals surface area contributed by atoms with Crippen LogP contribution in [0.3, 0.4) is 0 Å². The fourth-order valence-electron chi connectivity index (χ4n) is 6.67. The highest BCUT2D eigenvalue weighted by Gasteiger charge is 2.15. The molecule has 0 spiro atoms. The number of unbranched alkanes of at least 4 members (excludes halogenated alkanes) is 33. The summed E-state index contributed by atoms with van der Waals surface area (Å²) in [5, 5.41) is 3.34. The maximum atomic E-state index is 6.25. The molecule has 0 amide bonds. The molecular formula is C40H85N3. The van der Waals surface area contributed by atoms with E-state index in [9.17, 15) is 0 Å². The van der Waals surface area contributed by atoms with Gasteiger partial charge in [-0.25, -0.2) is 0 Å². The lowest BCUT2D eigenvalue weighted by atomic mass is 10.0. The van der Waals surface area contributed by atoms with Gasteiger partial charge in [0.2, 0.25) is 0 Å². The monoisotopic (exact) mass is 608 g/mol. The second kappa shape index (κ2) is 36.3. The third-order valence-electron chi connectivity index (χ3n) is 9.72. The van der Waals surface area contributed by atoms with E-state index in [-0.39, 0.29) is 5.66 Å². The molecule has 3 heteroatoms. The third-order valence-corrected chi connectivity index (χ3v) is 9.72. The fraction of sp³-hybridized carbons (Fsp3) is 1.00. The molecule has 43 heavy (non-hydrogen) atoms. The van der Waals surface area contributed by atoms with E-state index in [0.717, 1.165) is 13.0 Å². The van der Waals surface area contributed by atoms with Crippen molar-refractivity contribution in [2.45, 2.75) is 244 Å². The Hall–Kier alpha value is -0.120. The lowest BCUT2D eigenvalue weighted by Gasteiger charge is -2.26. The summed E-state index contributed by atoms with van der Waals surface area (Å²) < 4.78 is 0. The molecule has 1 unspecified atom stereocenters. The van der Waals surface area contributed by atoms with Crippen molar-refractivity contribution in [3.05, 3.63) is 0 Å². The van der Waals surface area contributed by atoms with Gasteiger partial charge >= 0.3 is 0 Å². The number of rotatable bonds is 38. The van der Waals surface area contributed by atoms with Crippen LogP contribution >= 0.6 is 0 Å². The Kier molecular flexibility index (Phi) is 36.2. The van der Waals surface area contributed by atoms with Crippen LogP contribution < -0.4 is 16.8 Å². The Morgan fingerprint density at radius 1 is 0.372 bits per heavy atom. The van der Waals surface area contributed by atoms with Gasteiger partial charge in [-0.3, -0.25) is 5.32 Å². The standard InChI is InChI=1S/C40H85N3/c1-3-4-5-6-7-8-9-10-11-12-13-14-15-16-17-18-19-20-21-22-23-24-25-26-27-28-29-30-31-32-33-34-35-36-37-40(2,42)43-39-38-41/h43H,3-39,41-42H2,1-2H3. The van der Waals surface area contributed by atoms with Gasteiger partial charge < -0.3 is 11.5 Å². The zero-order chi connectivity index (χ0) is 31.4. The molecular weight excluding hydrogens is 522 g/mol. The van der Waals surface area contributed by atoms with Gasteiger partial charge in [0.25, 0.3) is 0 Å². The Morgan fingerprint density at radius 2 is 0.581 bits per heavy atom. The van der Waals surface area contributed by atoms with Crippen molar-refractivity contribution in [1.82, 2.24) is 5.32 Å². The molecule has 3 nitrogen and oxygen atoms in total. The van der Waals surface area contributed by atoms with Crippen molar-refractivity contribution in [3.8, 4) is 0 Å². The van der Waals surface area contributed by atoms with Crippen LogP contribution in [0.4, 0.5) is 0 Å². The summed E-state index contributed by atoms with van der Waals surface area (Å²) in [5.41, 5.74) is 11.6. The molecule has 0 aromatic rings. The van der Waals surface area contributed by atoms with Gasteiger partial charge in [-0.1, -0.05) is 225 Å². The molecule has 0 saturated carbocycles. The average molecular weight is 608 g/mol. The second-order valence-electron chi connectivity index (χ2n) is 14.6. The zero-order valence-corrected chi connectivity index (χ0v) is 30.3. The van der Waals surface area contributed by atoms with E-state index in [4.69, 9.17) is 11.5 Å². The molecule has 0 saturated heterocycles. The van der Waals surface area contributed by atoms with Gasteiger partial charge in [-0.05, 0) is 13.3 Å². The van der Waals surface area contributed by atoms with Crippen LogP contribution in [-0.2, 0) is 0 Å². The molecule has 0 aromatic carbocycles. The first kappa shape index (κ1) is 42.9. The van der Waals surface area contributed by atoms with Gasteiger partial charge in [-0.2, -0.15) is 0 Å².